The van der Waals surface area contributed by atoms with Gasteiger partial charge in [0, 0.05) is 19.5 Å². The van der Waals surface area contributed by atoms with E-state index in [4.69, 9.17) is 0 Å². The highest BCUT2D eigenvalue weighted by Gasteiger charge is 2.09. The summed E-state index contributed by atoms with van der Waals surface area (Å²) in [5.41, 5.74) is 3.48. The second-order valence-corrected chi connectivity index (χ2v) is 2.88. The normalized spacial score (nSPS) is 16.1. The van der Waals surface area contributed by atoms with Crippen molar-refractivity contribution >= 4 is 0 Å². The fraction of sp³-hybridized carbons (Fsp3) is 0.500. The van der Waals surface area contributed by atoms with Gasteiger partial charge in [-0.25, -0.2) is 0 Å². The molecule has 3 nitrogen and oxygen atoms in total. The first-order valence-electron chi connectivity index (χ1n) is 3.89. The quantitative estimate of drug-likeness (QED) is 0.581. The monoisotopic (exact) mass is 149 g/mol. The third-order valence-corrected chi connectivity index (χ3v) is 1.94. The van der Waals surface area contributed by atoms with Crippen molar-refractivity contribution in [1.82, 2.24) is 15.5 Å². The van der Waals surface area contributed by atoms with Crippen LogP contribution in [-0.4, -0.2) is 16.7 Å². The number of fused-ring (bicyclic) bond motifs is 1. The van der Waals surface area contributed by atoms with E-state index in [1.54, 1.807) is 0 Å². The van der Waals surface area contributed by atoms with Crippen LogP contribution in [0.5, 0.6) is 0 Å². The highest BCUT2D eigenvalue weighted by molar-refractivity contribution is 5.22. The Kier molecular flexibility index (Phi) is 1.58. The molecule has 0 spiro atoms. The van der Waals surface area contributed by atoms with Crippen LogP contribution in [0.3, 0.4) is 0 Å². The van der Waals surface area contributed by atoms with E-state index in [1.807, 2.05) is 6.92 Å². The minimum atomic E-state index is 0.950. The molecule has 0 radical (unpaired) electrons. The van der Waals surface area contributed by atoms with E-state index in [9.17, 15) is 0 Å². The lowest BCUT2D eigenvalue weighted by molar-refractivity contribution is 0.618. The SMILES string of the molecule is Cc1cc2c(nn1)CCNC2. The number of aromatic nitrogens is 2. The molecule has 0 fully saturated rings. The van der Waals surface area contributed by atoms with E-state index in [-0.39, 0.29) is 0 Å². The number of nitrogens with zero attached hydrogens (tertiary/aromatic N) is 2. The topological polar surface area (TPSA) is 37.8 Å². The largest absolute Gasteiger partial charge is 0.312 e. The van der Waals surface area contributed by atoms with E-state index in [1.165, 1.54) is 5.56 Å². The van der Waals surface area contributed by atoms with Crippen LogP contribution >= 0.6 is 0 Å². The summed E-state index contributed by atoms with van der Waals surface area (Å²) in [6.07, 6.45) is 1.02. The molecule has 2 heterocycles. The molecule has 1 aliphatic rings. The molecule has 11 heavy (non-hydrogen) atoms. The molecule has 1 aromatic heterocycles. The van der Waals surface area contributed by atoms with Crippen molar-refractivity contribution in [3.05, 3.63) is 23.0 Å². The summed E-state index contributed by atoms with van der Waals surface area (Å²) in [5.74, 6) is 0. The average Bonchev–Trinajstić information content (AvgIpc) is 2.04. The maximum absolute atomic E-state index is 4.13. The minimum absolute atomic E-state index is 0.950. The van der Waals surface area contributed by atoms with Crippen molar-refractivity contribution in [3.8, 4) is 0 Å². The van der Waals surface area contributed by atoms with Crippen molar-refractivity contribution in [2.75, 3.05) is 6.54 Å². The Balaban J connectivity index is 2.43. The molecule has 0 atom stereocenters. The van der Waals surface area contributed by atoms with Crippen LogP contribution in [0.25, 0.3) is 0 Å². The van der Waals surface area contributed by atoms with Crippen LogP contribution < -0.4 is 5.32 Å². The Hall–Kier alpha value is -0.960. The maximum Gasteiger partial charge on any atom is 0.0688 e. The molecule has 1 aliphatic heterocycles. The van der Waals surface area contributed by atoms with Gasteiger partial charge in [-0.1, -0.05) is 0 Å². The van der Waals surface area contributed by atoms with E-state index in [0.29, 0.717) is 0 Å². The summed E-state index contributed by atoms with van der Waals surface area (Å²) in [6, 6.07) is 2.11. The Bertz CT molecular complexity index is 270. The van der Waals surface area contributed by atoms with Crippen LogP contribution in [0.4, 0.5) is 0 Å². The van der Waals surface area contributed by atoms with Gasteiger partial charge in [0.15, 0.2) is 0 Å². The lowest BCUT2D eigenvalue weighted by Gasteiger charge is -2.14. The fourth-order valence-electron chi connectivity index (χ4n) is 1.36. The number of hydrogen-bond acceptors (Lipinski definition) is 3. The van der Waals surface area contributed by atoms with Gasteiger partial charge in [0.1, 0.15) is 0 Å². The molecule has 0 unspecified atom stereocenters. The number of rotatable bonds is 0. The van der Waals surface area contributed by atoms with Gasteiger partial charge in [-0.3, -0.25) is 0 Å². The molecule has 3 heteroatoms. The molecule has 0 saturated carbocycles. The molecule has 1 aromatic rings. The van der Waals surface area contributed by atoms with E-state index < -0.39 is 0 Å². The first-order valence-corrected chi connectivity index (χ1v) is 3.89. The van der Waals surface area contributed by atoms with Crippen LogP contribution in [-0.2, 0) is 13.0 Å². The average molecular weight is 149 g/mol. The van der Waals surface area contributed by atoms with E-state index in [2.05, 4.69) is 21.6 Å². The molecule has 0 aliphatic carbocycles. The first kappa shape index (κ1) is 6.73. The summed E-state index contributed by atoms with van der Waals surface area (Å²) in [7, 11) is 0. The van der Waals surface area contributed by atoms with Crippen LogP contribution in [0.15, 0.2) is 6.07 Å². The highest BCUT2D eigenvalue weighted by atomic mass is 15.1. The van der Waals surface area contributed by atoms with Gasteiger partial charge in [-0.15, -0.1) is 0 Å². The molecular weight excluding hydrogens is 138 g/mol. The Morgan fingerprint density at radius 2 is 2.36 bits per heavy atom. The molecule has 2 rings (SSSR count). The zero-order chi connectivity index (χ0) is 7.68. The minimum Gasteiger partial charge on any atom is -0.312 e. The van der Waals surface area contributed by atoms with Crippen molar-refractivity contribution in [2.24, 2.45) is 0 Å². The third kappa shape index (κ3) is 1.24. The summed E-state index contributed by atoms with van der Waals surface area (Å²) in [6.45, 7) is 3.96. The van der Waals surface area contributed by atoms with Crippen molar-refractivity contribution in [2.45, 2.75) is 19.9 Å². The predicted molar refractivity (Wildman–Crippen MR) is 42.2 cm³/mol. The van der Waals surface area contributed by atoms with Crippen LogP contribution in [0, 0.1) is 6.92 Å². The standard InChI is InChI=1S/C8H11N3/c1-6-4-7-5-9-3-2-8(7)11-10-6/h4,9H,2-3,5H2,1H3. The smallest absolute Gasteiger partial charge is 0.0688 e. The Labute approximate surface area is 65.8 Å². The van der Waals surface area contributed by atoms with Crippen LogP contribution in [0.2, 0.25) is 0 Å². The first-order chi connectivity index (χ1) is 5.36. The highest BCUT2D eigenvalue weighted by Crippen LogP contribution is 2.09. The van der Waals surface area contributed by atoms with Crippen molar-refractivity contribution in [1.29, 1.82) is 0 Å². The summed E-state index contributed by atoms with van der Waals surface area (Å²) in [4.78, 5) is 0. The van der Waals surface area contributed by atoms with Gasteiger partial charge in [-0.2, -0.15) is 10.2 Å². The number of aryl methyl sites for hydroxylation is 1. The second kappa shape index (κ2) is 2.58. The second-order valence-electron chi connectivity index (χ2n) is 2.88. The maximum atomic E-state index is 4.13. The van der Waals surface area contributed by atoms with Crippen LogP contribution in [0.1, 0.15) is 17.0 Å². The molecular formula is C8H11N3. The molecule has 0 aromatic carbocycles. The zero-order valence-electron chi connectivity index (χ0n) is 6.59. The van der Waals surface area contributed by atoms with Gasteiger partial charge < -0.3 is 5.32 Å². The Morgan fingerprint density at radius 3 is 3.27 bits per heavy atom. The summed E-state index contributed by atoms with van der Waals surface area (Å²) < 4.78 is 0. The number of nitrogens with one attached hydrogen (secondary N) is 1. The van der Waals surface area contributed by atoms with Gasteiger partial charge >= 0.3 is 0 Å². The summed E-state index contributed by atoms with van der Waals surface area (Å²) in [5, 5.41) is 11.4. The molecule has 0 saturated heterocycles. The summed E-state index contributed by atoms with van der Waals surface area (Å²) >= 11 is 0. The predicted octanol–water partition coefficient (Wildman–Crippen LogP) is 0.431. The van der Waals surface area contributed by atoms with Gasteiger partial charge in [0.05, 0.1) is 11.4 Å². The molecule has 0 amide bonds. The Morgan fingerprint density at radius 1 is 1.45 bits per heavy atom. The lowest BCUT2D eigenvalue weighted by Crippen LogP contribution is -2.25. The van der Waals surface area contributed by atoms with E-state index >= 15 is 0 Å². The van der Waals surface area contributed by atoms with Gasteiger partial charge in [0.25, 0.3) is 0 Å². The zero-order valence-corrected chi connectivity index (χ0v) is 6.59. The molecule has 58 valence electrons. The van der Waals surface area contributed by atoms with E-state index in [0.717, 1.165) is 30.9 Å². The fourth-order valence-corrected chi connectivity index (χ4v) is 1.36. The van der Waals surface area contributed by atoms with Crippen molar-refractivity contribution < 1.29 is 0 Å². The third-order valence-electron chi connectivity index (χ3n) is 1.94. The van der Waals surface area contributed by atoms with Gasteiger partial charge in [0.2, 0.25) is 0 Å². The van der Waals surface area contributed by atoms with Gasteiger partial charge in [-0.05, 0) is 18.6 Å². The molecule has 0 bridgehead atoms. The van der Waals surface area contributed by atoms with Crippen molar-refractivity contribution in [3.63, 3.8) is 0 Å². The molecule has 1 N–H and O–H groups in total. The number of hydrogen-bond donors (Lipinski definition) is 1. The lowest BCUT2D eigenvalue weighted by atomic mass is 10.1.